The Morgan fingerprint density at radius 2 is 1.72 bits per heavy atom. The summed E-state index contributed by atoms with van der Waals surface area (Å²) in [5.41, 5.74) is 2.90. The van der Waals surface area contributed by atoms with Crippen LogP contribution in [0.3, 0.4) is 0 Å². The van der Waals surface area contributed by atoms with Gasteiger partial charge in [0.15, 0.2) is 0 Å². The van der Waals surface area contributed by atoms with Crippen LogP contribution in [-0.2, 0) is 6.54 Å². The highest BCUT2D eigenvalue weighted by molar-refractivity contribution is 5.94. The van der Waals surface area contributed by atoms with E-state index in [1.54, 1.807) is 19.1 Å². The van der Waals surface area contributed by atoms with Gasteiger partial charge in [0.2, 0.25) is 0 Å². The Morgan fingerprint density at radius 1 is 0.960 bits per heavy atom. The molecule has 0 saturated heterocycles. The molecule has 0 fully saturated rings. The molecule has 0 heterocycles. The van der Waals surface area contributed by atoms with E-state index in [4.69, 9.17) is 0 Å². The van der Waals surface area contributed by atoms with Crippen LogP contribution in [0.1, 0.15) is 27.0 Å². The summed E-state index contributed by atoms with van der Waals surface area (Å²) in [4.78, 5) is 23.6. The molecule has 3 N–H and O–H groups in total. The minimum Gasteiger partial charge on any atom is -0.350 e. The summed E-state index contributed by atoms with van der Waals surface area (Å²) in [5.74, 6) is -0.790. The van der Waals surface area contributed by atoms with Gasteiger partial charge in [0.05, 0.1) is 0 Å². The summed E-state index contributed by atoms with van der Waals surface area (Å²) in [6.07, 6.45) is 0. The van der Waals surface area contributed by atoms with Gasteiger partial charge in [0.25, 0.3) is 5.91 Å². The van der Waals surface area contributed by atoms with Crippen LogP contribution < -0.4 is 16.0 Å². The first-order valence-electron chi connectivity index (χ1n) is 8.07. The maximum absolute atomic E-state index is 13.4. The number of carbonyl (C=O) groups excluding carboxylic acids is 2. The van der Waals surface area contributed by atoms with Crippen molar-refractivity contribution in [1.29, 1.82) is 0 Å². The second-order valence-corrected chi connectivity index (χ2v) is 5.82. The van der Waals surface area contributed by atoms with Crippen LogP contribution in [0.15, 0.2) is 42.5 Å². The van der Waals surface area contributed by atoms with Gasteiger partial charge in [-0.15, -0.1) is 0 Å². The predicted molar refractivity (Wildman–Crippen MR) is 94.9 cm³/mol. The van der Waals surface area contributed by atoms with E-state index in [9.17, 15) is 14.0 Å². The number of hydrogen-bond acceptors (Lipinski definition) is 2. The monoisotopic (exact) mass is 343 g/mol. The molecule has 0 radical (unpaired) electrons. The van der Waals surface area contributed by atoms with Crippen molar-refractivity contribution < 1.29 is 14.0 Å². The number of urea groups is 1. The van der Waals surface area contributed by atoms with Crippen LogP contribution in [0.5, 0.6) is 0 Å². The maximum atomic E-state index is 13.4. The van der Waals surface area contributed by atoms with E-state index < -0.39 is 5.82 Å². The Labute approximate surface area is 146 Å². The maximum Gasteiger partial charge on any atom is 0.315 e. The number of carbonyl (C=O) groups is 2. The molecule has 132 valence electrons. The molecular formula is C19H22FN3O2. The van der Waals surface area contributed by atoms with Crippen molar-refractivity contribution in [3.8, 4) is 0 Å². The first-order chi connectivity index (χ1) is 12.0. The van der Waals surface area contributed by atoms with Crippen LogP contribution in [0.4, 0.5) is 9.18 Å². The third kappa shape index (κ3) is 5.91. The van der Waals surface area contributed by atoms with E-state index >= 15 is 0 Å². The zero-order valence-electron chi connectivity index (χ0n) is 14.4. The van der Waals surface area contributed by atoms with Gasteiger partial charge in [0.1, 0.15) is 5.82 Å². The summed E-state index contributed by atoms with van der Waals surface area (Å²) < 4.78 is 13.4. The molecular weight excluding hydrogens is 321 g/mol. The zero-order valence-corrected chi connectivity index (χ0v) is 14.4. The van der Waals surface area contributed by atoms with E-state index in [0.29, 0.717) is 12.1 Å². The number of nitrogens with one attached hydrogen (secondary N) is 3. The average Bonchev–Trinajstić information content (AvgIpc) is 2.59. The molecule has 0 aromatic heterocycles. The standard InChI is InChI=1S/C19H22FN3O2/c1-13-4-3-5-15(10-13)12-23-19(25)22-9-8-21-18(24)16-7-6-14(2)17(20)11-16/h3-7,10-11H,8-9,12H2,1-2H3,(H,21,24)(H2,22,23,25). The van der Waals surface area contributed by atoms with E-state index in [0.717, 1.165) is 11.1 Å². The van der Waals surface area contributed by atoms with Crippen molar-refractivity contribution in [2.24, 2.45) is 0 Å². The molecule has 0 aliphatic carbocycles. The largest absolute Gasteiger partial charge is 0.350 e. The first-order valence-corrected chi connectivity index (χ1v) is 8.07. The third-order valence-electron chi connectivity index (χ3n) is 3.67. The van der Waals surface area contributed by atoms with Gasteiger partial charge >= 0.3 is 6.03 Å². The van der Waals surface area contributed by atoms with Crippen molar-refractivity contribution >= 4 is 11.9 Å². The lowest BCUT2D eigenvalue weighted by atomic mass is 10.1. The molecule has 3 amide bonds. The number of amides is 3. The summed E-state index contributed by atoms with van der Waals surface area (Å²) >= 11 is 0. The highest BCUT2D eigenvalue weighted by atomic mass is 19.1. The fourth-order valence-electron chi connectivity index (χ4n) is 2.26. The van der Waals surface area contributed by atoms with Crippen LogP contribution >= 0.6 is 0 Å². The molecule has 6 heteroatoms. The molecule has 0 aliphatic rings. The molecule has 0 spiro atoms. The Hall–Kier alpha value is -2.89. The lowest BCUT2D eigenvalue weighted by molar-refractivity contribution is 0.0953. The first kappa shape index (κ1) is 18.4. The molecule has 25 heavy (non-hydrogen) atoms. The number of halogens is 1. The number of benzene rings is 2. The Morgan fingerprint density at radius 3 is 2.44 bits per heavy atom. The van der Waals surface area contributed by atoms with Crippen LogP contribution in [0.2, 0.25) is 0 Å². The predicted octanol–water partition coefficient (Wildman–Crippen LogP) is 2.67. The molecule has 0 saturated carbocycles. The van der Waals surface area contributed by atoms with Gasteiger partial charge in [-0.3, -0.25) is 4.79 Å². The summed E-state index contributed by atoms with van der Waals surface area (Å²) in [7, 11) is 0. The molecule has 2 rings (SSSR count). The SMILES string of the molecule is Cc1cccc(CNC(=O)NCCNC(=O)c2ccc(C)c(F)c2)c1. The van der Waals surface area contributed by atoms with Gasteiger partial charge < -0.3 is 16.0 Å². The summed E-state index contributed by atoms with van der Waals surface area (Å²) in [6.45, 7) is 4.59. The van der Waals surface area contributed by atoms with Gasteiger partial charge in [-0.25, -0.2) is 9.18 Å². The smallest absolute Gasteiger partial charge is 0.315 e. The number of hydrogen-bond donors (Lipinski definition) is 3. The summed E-state index contributed by atoms with van der Waals surface area (Å²) in [6, 6.07) is 11.9. The van der Waals surface area contributed by atoms with E-state index in [1.807, 2.05) is 31.2 Å². The Kier molecular flexibility index (Phi) is 6.51. The second kappa shape index (κ2) is 8.82. The highest BCUT2D eigenvalue weighted by Gasteiger charge is 2.07. The van der Waals surface area contributed by atoms with E-state index in [2.05, 4.69) is 16.0 Å². The number of aryl methyl sites for hydroxylation is 2. The van der Waals surface area contributed by atoms with Crippen molar-refractivity contribution in [1.82, 2.24) is 16.0 Å². The molecule has 0 unspecified atom stereocenters. The summed E-state index contributed by atoms with van der Waals surface area (Å²) in [5, 5.41) is 8.04. The van der Waals surface area contributed by atoms with Crippen molar-refractivity contribution in [2.75, 3.05) is 13.1 Å². The number of rotatable bonds is 6. The van der Waals surface area contributed by atoms with Crippen LogP contribution in [0, 0.1) is 19.7 Å². The Bertz CT molecular complexity index is 762. The lowest BCUT2D eigenvalue weighted by Crippen LogP contribution is -2.40. The second-order valence-electron chi connectivity index (χ2n) is 5.82. The average molecular weight is 343 g/mol. The van der Waals surface area contributed by atoms with Crippen molar-refractivity contribution in [2.45, 2.75) is 20.4 Å². The van der Waals surface area contributed by atoms with Crippen molar-refractivity contribution in [3.63, 3.8) is 0 Å². The van der Waals surface area contributed by atoms with Gasteiger partial charge in [0, 0.05) is 25.2 Å². The van der Waals surface area contributed by atoms with E-state index in [1.165, 1.54) is 6.07 Å². The van der Waals surface area contributed by atoms with Gasteiger partial charge in [-0.2, -0.15) is 0 Å². The molecule has 5 nitrogen and oxygen atoms in total. The normalized spacial score (nSPS) is 10.2. The highest BCUT2D eigenvalue weighted by Crippen LogP contribution is 2.08. The molecule has 2 aromatic carbocycles. The minimum atomic E-state index is -0.415. The lowest BCUT2D eigenvalue weighted by Gasteiger charge is -2.09. The quantitative estimate of drug-likeness (QED) is 0.706. The van der Waals surface area contributed by atoms with Gasteiger partial charge in [-0.05, 0) is 37.1 Å². The zero-order chi connectivity index (χ0) is 18.2. The Balaban J connectivity index is 1.67. The van der Waals surface area contributed by atoms with Crippen LogP contribution in [-0.4, -0.2) is 25.0 Å². The minimum absolute atomic E-state index is 0.256. The van der Waals surface area contributed by atoms with Crippen LogP contribution in [0.25, 0.3) is 0 Å². The molecule has 0 atom stereocenters. The molecule has 0 aliphatic heterocycles. The topological polar surface area (TPSA) is 70.2 Å². The fourth-order valence-corrected chi connectivity index (χ4v) is 2.26. The third-order valence-corrected chi connectivity index (χ3v) is 3.67. The van der Waals surface area contributed by atoms with Crippen molar-refractivity contribution in [3.05, 3.63) is 70.5 Å². The molecule has 0 bridgehead atoms. The molecule has 2 aromatic rings. The fraction of sp³-hybridized carbons (Fsp3) is 0.263. The van der Waals surface area contributed by atoms with Gasteiger partial charge in [-0.1, -0.05) is 35.9 Å². The van der Waals surface area contributed by atoms with E-state index in [-0.39, 0.29) is 30.6 Å².